The van der Waals surface area contributed by atoms with Crippen LogP contribution in [0.25, 0.3) is 0 Å². The highest BCUT2D eigenvalue weighted by Crippen LogP contribution is 2.36. The number of nitrogens with zero attached hydrogens (tertiary/aromatic N) is 4. The summed E-state index contributed by atoms with van der Waals surface area (Å²) in [6.45, 7) is 8.43. The molecule has 7 heteroatoms. The monoisotopic (exact) mass is 397 g/mol. The lowest BCUT2D eigenvalue weighted by molar-refractivity contribution is -0.119. The second-order valence-corrected chi connectivity index (χ2v) is 7.88. The fourth-order valence-electron chi connectivity index (χ4n) is 4.44. The second-order valence-electron chi connectivity index (χ2n) is 7.88. The summed E-state index contributed by atoms with van der Waals surface area (Å²) in [5.74, 6) is 0.666. The molecule has 0 amide bonds. The molecule has 0 radical (unpaired) electrons. The highest BCUT2D eigenvalue weighted by molar-refractivity contribution is 5.27. The maximum atomic E-state index is 11.8. The molecule has 1 aromatic heterocycles. The number of aromatic nitrogens is 2. The summed E-state index contributed by atoms with van der Waals surface area (Å²) < 4.78 is 5.56. The third-order valence-electron chi connectivity index (χ3n) is 6.00. The number of hydrogen-bond acceptors (Lipinski definition) is 7. The van der Waals surface area contributed by atoms with Gasteiger partial charge < -0.3 is 15.2 Å². The molecule has 2 N–H and O–H groups in total. The summed E-state index contributed by atoms with van der Waals surface area (Å²) in [6.07, 6.45) is 4.49. The van der Waals surface area contributed by atoms with Gasteiger partial charge in [-0.05, 0) is 18.9 Å². The molecule has 2 aliphatic rings. The molecule has 3 heterocycles. The van der Waals surface area contributed by atoms with Gasteiger partial charge in [0.05, 0.1) is 19.3 Å². The average Bonchev–Trinajstić information content (AvgIpc) is 2.78. The number of likely N-dealkylation sites (tertiary alicyclic amines) is 1. The summed E-state index contributed by atoms with van der Waals surface area (Å²) in [4.78, 5) is 13.6. The molecule has 0 unspecified atom stereocenters. The van der Waals surface area contributed by atoms with E-state index >= 15 is 0 Å². The number of aliphatic hydroxyl groups is 1. The quantitative estimate of drug-likeness (QED) is 0.769. The predicted octanol–water partition coefficient (Wildman–Crippen LogP) is 1.70. The van der Waals surface area contributed by atoms with Gasteiger partial charge in [0.2, 0.25) is 5.95 Å². The molecule has 2 saturated heterocycles. The topological polar surface area (TPSA) is 73.8 Å². The number of ether oxygens (including phenoxy) is 1. The molecule has 156 valence electrons. The Kier molecular flexibility index (Phi) is 6.40. The first-order valence-electron chi connectivity index (χ1n) is 10.6. The number of piperidine rings is 1. The number of morpholine rings is 1. The van der Waals surface area contributed by atoms with Crippen molar-refractivity contribution in [2.75, 3.05) is 51.3 Å². The number of rotatable bonds is 6. The van der Waals surface area contributed by atoms with Gasteiger partial charge >= 0.3 is 0 Å². The summed E-state index contributed by atoms with van der Waals surface area (Å²) in [7, 11) is 0. The van der Waals surface area contributed by atoms with E-state index in [1.54, 1.807) is 0 Å². The van der Waals surface area contributed by atoms with Crippen molar-refractivity contribution in [3.8, 4) is 0 Å². The van der Waals surface area contributed by atoms with Gasteiger partial charge in [0, 0.05) is 57.2 Å². The average molecular weight is 398 g/mol. The van der Waals surface area contributed by atoms with Gasteiger partial charge in [-0.2, -0.15) is 0 Å². The van der Waals surface area contributed by atoms with Crippen LogP contribution in [-0.4, -0.2) is 76.9 Å². The Labute approximate surface area is 172 Å². The Hall–Kier alpha value is -2.06. The summed E-state index contributed by atoms with van der Waals surface area (Å²) in [6, 6.07) is 10.2. The van der Waals surface area contributed by atoms with Gasteiger partial charge in [0.1, 0.15) is 5.60 Å². The minimum Gasteiger partial charge on any atom is -0.383 e. The fraction of sp³-hybridized carbons (Fsp3) is 0.545. The molecule has 4 rings (SSSR count). The van der Waals surface area contributed by atoms with Crippen molar-refractivity contribution in [1.82, 2.24) is 19.8 Å². The number of benzene rings is 1. The van der Waals surface area contributed by atoms with Gasteiger partial charge in [0.15, 0.2) is 0 Å². The van der Waals surface area contributed by atoms with E-state index in [1.165, 1.54) is 0 Å². The lowest BCUT2D eigenvalue weighted by Crippen LogP contribution is -2.62. The molecule has 2 atom stereocenters. The summed E-state index contributed by atoms with van der Waals surface area (Å²) >= 11 is 0. The fourth-order valence-corrected chi connectivity index (χ4v) is 4.44. The first-order chi connectivity index (χ1) is 14.2. The van der Waals surface area contributed by atoms with Gasteiger partial charge in [-0.25, -0.2) is 9.97 Å². The van der Waals surface area contributed by atoms with Crippen LogP contribution in [-0.2, 0) is 16.9 Å². The van der Waals surface area contributed by atoms with Crippen LogP contribution < -0.4 is 5.32 Å². The zero-order valence-electron chi connectivity index (χ0n) is 17.1. The molecular formula is C22H31N5O2. The van der Waals surface area contributed by atoms with Gasteiger partial charge in [-0.15, -0.1) is 0 Å². The maximum Gasteiger partial charge on any atom is 0.222 e. The molecule has 0 aliphatic carbocycles. The SMILES string of the molecule is CCNc1ncc(CN2CC[C@](O)(c3ccccc3)[C@H](N3CCOCC3)C2)cn1. The Balaban J connectivity index is 1.51. The minimum atomic E-state index is -0.847. The Morgan fingerprint density at radius 1 is 1.14 bits per heavy atom. The Morgan fingerprint density at radius 3 is 2.55 bits per heavy atom. The molecular weight excluding hydrogens is 366 g/mol. The number of nitrogens with one attached hydrogen (secondary N) is 1. The van der Waals surface area contributed by atoms with Crippen molar-refractivity contribution in [2.24, 2.45) is 0 Å². The minimum absolute atomic E-state index is 0.0319. The van der Waals surface area contributed by atoms with Gasteiger partial charge in [-0.1, -0.05) is 30.3 Å². The van der Waals surface area contributed by atoms with Crippen molar-refractivity contribution in [3.63, 3.8) is 0 Å². The predicted molar refractivity (Wildman–Crippen MR) is 113 cm³/mol. The smallest absolute Gasteiger partial charge is 0.222 e. The molecule has 2 fully saturated rings. The molecule has 2 aromatic rings. The number of hydrogen-bond donors (Lipinski definition) is 2. The van der Waals surface area contributed by atoms with E-state index in [2.05, 4.69) is 37.2 Å². The van der Waals surface area contributed by atoms with E-state index < -0.39 is 5.60 Å². The molecule has 1 aromatic carbocycles. The Morgan fingerprint density at radius 2 is 1.86 bits per heavy atom. The molecule has 0 saturated carbocycles. The van der Waals surface area contributed by atoms with Gasteiger partial charge in [0.25, 0.3) is 0 Å². The van der Waals surface area contributed by atoms with Crippen LogP contribution in [0.15, 0.2) is 42.7 Å². The van der Waals surface area contributed by atoms with Crippen LogP contribution in [0.4, 0.5) is 5.95 Å². The van der Waals surface area contributed by atoms with Crippen molar-refractivity contribution in [1.29, 1.82) is 0 Å². The van der Waals surface area contributed by atoms with Crippen molar-refractivity contribution in [2.45, 2.75) is 31.5 Å². The zero-order chi connectivity index (χ0) is 20.1. The summed E-state index contributed by atoms with van der Waals surface area (Å²) in [5.41, 5.74) is 1.26. The second kappa shape index (κ2) is 9.17. The zero-order valence-corrected chi connectivity index (χ0v) is 17.1. The van der Waals surface area contributed by atoms with Crippen LogP contribution >= 0.6 is 0 Å². The standard InChI is InChI=1S/C22H31N5O2/c1-2-23-21-24-14-18(15-25-21)16-26-9-8-22(28,19-6-4-3-5-7-19)20(17-26)27-10-12-29-13-11-27/h3-7,14-15,20,28H,2,8-13,16-17H2,1H3,(H,23,24,25)/t20-,22+/m1/s1. The first kappa shape index (κ1) is 20.2. The molecule has 29 heavy (non-hydrogen) atoms. The summed E-state index contributed by atoms with van der Waals surface area (Å²) in [5, 5.41) is 14.9. The normalized spacial score (nSPS) is 26.3. The van der Waals surface area contributed by atoms with Gasteiger partial charge in [-0.3, -0.25) is 9.80 Å². The van der Waals surface area contributed by atoms with Crippen LogP contribution in [0.1, 0.15) is 24.5 Å². The number of anilines is 1. The van der Waals surface area contributed by atoms with E-state index in [9.17, 15) is 5.11 Å². The van der Waals surface area contributed by atoms with E-state index in [1.807, 2.05) is 37.5 Å². The largest absolute Gasteiger partial charge is 0.383 e. The Bertz CT molecular complexity index is 767. The van der Waals surface area contributed by atoms with Crippen LogP contribution in [0.3, 0.4) is 0 Å². The maximum absolute atomic E-state index is 11.8. The lowest BCUT2D eigenvalue weighted by atomic mass is 9.79. The van der Waals surface area contributed by atoms with E-state index in [0.717, 1.165) is 63.6 Å². The van der Waals surface area contributed by atoms with E-state index in [4.69, 9.17) is 4.74 Å². The highest BCUT2D eigenvalue weighted by Gasteiger charge is 2.45. The lowest BCUT2D eigenvalue weighted by Gasteiger charge is -2.50. The first-order valence-corrected chi connectivity index (χ1v) is 10.6. The van der Waals surface area contributed by atoms with Crippen LogP contribution in [0.5, 0.6) is 0 Å². The van der Waals surface area contributed by atoms with Crippen molar-refractivity contribution < 1.29 is 9.84 Å². The van der Waals surface area contributed by atoms with Crippen molar-refractivity contribution >= 4 is 5.95 Å². The van der Waals surface area contributed by atoms with Crippen LogP contribution in [0.2, 0.25) is 0 Å². The molecule has 2 aliphatic heterocycles. The molecule has 0 bridgehead atoms. The van der Waals surface area contributed by atoms with E-state index in [0.29, 0.717) is 12.4 Å². The molecule has 7 nitrogen and oxygen atoms in total. The van der Waals surface area contributed by atoms with Crippen molar-refractivity contribution in [3.05, 3.63) is 53.9 Å². The third-order valence-corrected chi connectivity index (χ3v) is 6.00. The van der Waals surface area contributed by atoms with Crippen LogP contribution in [0, 0.1) is 0 Å². The van der Waals surface area contributed by atoms with E-state index in [-0.39, 0.29) is 6.04 Å². The highest BCUT2D eigenvalue weighted by atomic mass is 16.5. The molecule has 0 spiro atoms. The third kappa shape index (κ3) is 4.59.